The third kappa shape index (κ3) is 4.46. The maximum absolute atomic E-state index is 12.8. The van der Waals surface area contributed by atoms with Crippen molar-refractivity contribution >= 4 is 21.4 Å². The van der Waals surface area contributed by atoms with Gasteiger partial charge in [0.25, 0.3) is 0 Å². The van der Waals surface area contributed by atoms with Crippen LogP contribution in [0, 0.1) is 6.92 Å². The summed E-state index contributed by atoms with van der Waals surface area (Å²) in [5, 5.41) is 4.17. The molecule has 1 aromatic carbocycles. The number of likely N-dealkylation sites (tertiary alicyclic amines) is 1. The number of piperidine rings is 1. The lowest BCUT2D eigenvalue weighted by Crippen LogP contribution is -2.40. The van der Waals surface area contributed by atoms with E-state index in [4.69, 9.17) is 4.74 Å². The van der Waals surface area contributed by atoms with Gasteiger partial charge in [0.05, 0.1) is 12.0 Å². The highest BCUT2D eigenvalue weighted by Gasteiger charge is 2.25. The van der Waals surface area contributed by atoms with Crippen LogP contribution in [0.5, 0.6) is 5.75 Å². The van der Waals surface area contributed by atoms with Gasteiger partial charge in [0.1, 0.15) is 5.75 Å². The number of rotatable bonds is 7. The van der Waals surface area contributed by atoms with Gasteiger partial charge in [-0.25, -0.2) is 13.1 Å². The van der Waals surface area contributed by atoms with Crippen LogP contribution < -0.4 is 9.46 Å². The second kappa shape index (κ2) is 8.52. The number of sulfonamides is 1. The van der Waals surface area contributed by atoms with Gasteiger partial charge >= 0.3 is 0 Å². The van der Waals surface area contributed by atoms with Gasteiger partial charge in [0.2, 0.25) is 10.0 Å². The van der Waals surface area contributed by atoms with Crippen LogP contribution in [0.2, 0.25) is 0 Å². The van der Waals surface area contributed by atoms with E-state index < -0.39 is 10.0 Å². The molecule has 1 aliphatic heterocycles. The van der Waals surface area contributed by atoms with Crippen LogP contribution in [-0.4, -0.2) is 40.1 Å². The minimum atomic E-state index is -3.57. The smallest absolute Gasteiger partial charge is 0.240 e. The van der Waals surface area contributed by atoms with Crippen molar-refractivity contribution in [3.63, 3.8) is 0 Å². The molecule has 1 saturated heterocycles. The minimum Gasteiger partial charge on any atom is -0.497 e. The van der Waals surface area contributed by atoms with Gasteiger partial charge in [-0.05, 0) is 79.0 Å². The summed E-state index contributed by atoms with van der Waals surface area (Å²) < 4.78 is 33.7. The number of nitrogens with one attached hydrogen (secondary N) is 1. The number of hydrogen-bond donors (Lipinski definition) is 1. The van der Waals surface area contributed by atoms with Crippen molar-refractivity contribution in [2.24, 2.45) is 0 Å². The van der Waals surface area contributed by atoms with E-state index >= 15 is 0 Å². The molecule has 1 atom stereocenters. The monoisotopic (exact) mass is 394 g/mol. The second-order valence-electron chi connectivity index (χ2n) is 6.65. The van der Waals surface area contributed by atoms with Crippen molar-refractivity contribution in [2.45, 2.75) is 37.1 Å². The molecule has 1 fully saturated rings. The van der Waals surface area contributed by atoms with Crippen molar-refractivity contribution in [3.8, 4) is 5.75 Å². The quantitative estimate of drug-likeness (QED) is 0.780. The van der Waals surface area contributed by atoms with Gasteiger partial charge < -0.3 is 4.74 Å². The molecule has 2 heterocycles. The van der Waals surface area contributed by atoms with Crippen LogP contribution in [-0.2, 0) is 10.0 Å². The standard InChI is InChI=1S/C19H26N2O3S2/c1-15-12-17(24-2)6-7-19(15)26(22,23)20-13-18(16-8-11-25-14-16)21-9-4-3-5-10-21/h6-8,11-12,14,18,20H,3-5,9-10,13H2,1-2H3. The number of methoxy groups -OCH3 is 1. The van der Waals surface area contributed by atoms with E-state index in [0.717, 1.165) is 13.1 Å². The highest BCUT2D eigenvalue weighted by Crippen LogP contribution is 2.27. The lowest BCUT2D eigenvalue weighted by Gasteiger charge is -2.34. The Balaban J connectivity index is 1.77. The number of ether oxygens (including phenoxy) is 1. The Morgan fingerprint density at radius 3 is 2.62 bits per heavy atom. The first-order chi connectivity index (χ1) is 12.5. The zero-order valence-corrected chi connectivity index (χ0v) is 16.9. The molecule has 1 N–H and O–H groups in total. The molecule has 26 heavy (non-hydrogen) atoms. The van der Waals surface area contributed by atoms with E-state index in [-0.39, 0.29) is 6.04 Å². The Morgan fingerprint density at radius 1 is 1.23 bits per heavy atom. The van der Waals surface area contributed by atoms with Crippen LogP contribution in [0.3, 0.4) is 0 Å². The van der Waals surface area contributed by atoms with Crippen LogP contribution in [0.4, 0.5) is 0 Å². The SMILES string of the molecule is COc1ccc(S(=O)(=O)NCC(c2ccsc2)N2CCCCC2)c(C)c1. The van der Waals surface area contributed by atoms with Gasteiger partial charge in [0.15, 0.2) is 0 Å². The molecular formula is C19H26N2O3S2. The summed E-state index contributed by atoms with van der Waals surface area (Å²) in [5.41, 5.74) is 1.87. The van der Waals surface area contributed by atoms with Gasteiger partial charge in [-0.1, -0.05) is 6.42 Å². The number of nitrogens with zero attached hydrogens (tertiary/aromatic N) is 1. The first kappa shape index (κ1) is 19.4. The molecule has 0 radical (unpaired) electrons. The van der Waals surface area contributed by atoms with Gasteiger partial charge in [-0.3, -0.25) is 4.90 Å². The first-order valence-electron chi connectivity index (χ1n) is 8.92. The summed E-state index contributed by atoms with van der Waals surface area (Å²) in [6.45, 7) is 4.20. The van der Waals surface area contributed by atoms with E-state index in [1.54, 1.807) is 43.6 Å². The van der Waals surface area contributed by atoms with Gasteiger partial charge in [-0.15, -0.1) is 0 Å². The van der Waals surface area contributed by atoms with E-state index in [0.29, 0.717) is 22.8 Å². The maximum Gasteiger partial charge on any atom is 0.240 e. The van der Waals surface area contributed by atoms with E-state index in [2.05, 4.69) is 26.4 Å². The molecule has 1 aliphatic rings. The molecule has 0 amide bonds. The lowest BCUT2D eigenvalue weighted by atomic mass is 10.0. The number of benzene rings is 1. The fourth-order valence-electron chi connectivity index (χ4n) is 3.47. The Bertz CT molecular complexity index is 813. The third-order valence-corrected chi connectivity index (χ3v) is 7.18. The normalized spacial score (nSPS) is 17.2. The molecule has 0 saturated carbocycles. The molecule has 1 aromatic heterocycles. The zero-order chi connectivity index (χ0) is 18.6. The summed E-state index contributed by atoms with van der Waals surface area (Å²) in [4.78, 5) is 2.70. The fourth-order valence-corrected chi connectivity index (χ4v) is 5.44. The lowest BCUT2D eigenvalue weighted by molar-refractivity contribution is 0.165. The predicted molar refractivity (Wildman–Crippen MR) is 105 cm³/mol. The van der Waals surface area contributed by atoms with Crippen molar-refractivity contribution in [3.05, 3.63) is 46.2 Å². The fraction of sp³-hybridized carbons (Fsp3) is 0.474. The molecule has 142 valence electrons. The van der Waals surface area contributed by atoms with Crippen LogP contribution in [0.25, 0.3) is 0 Å². The van der Waals surface area contributed by atoms with Crippen molar-refractivity contribution in [2.75, 3.05) is 26.7 Å². The molecule has 0 spiro atoms. The molecule has 0 bridgehead atoms. The molecule has 7 heteroatoms. The van der Waals surface area contributed by atoms with E-state index in [1.807, 2.05) is 0 Å². The number of thiophene rings is 1. The predicted octanol–water partition coefficient (Wildman–Crippen LogP) is 3.57. The van der Waals surface area contributed by atoms with Crippen LogP contribution in [0.15, 0.2) is 39.9 Å². The van der Waals surface area contributed by atoms with Crippen LogP contribution in [0.1, 0.15) is 36.4 Å². The number of aryl methyl sites for hydroxylation is 1. The average molecular weight is 395 g/mol. The summed E-state index contributed by atoms with van der Waals surface area (Å²) in [6.07, 6.45) is 3.60. The molecule has 3 rings (SSSR count). The van der Waals surface area contributed by atoms with Gasteiger partial charge in [0, 0.05) is 12.6 Å². The molecule has 2 aromatic rings. The zero-order valence-electron chi connectivity index (χ0n) is 15.3. The second-order valence-corrected chi connectivity index (χ2v) is 9.17. The maximum atomic E-state index is 12.8. The first-order valence-corrected chi connectivity index (χ1v) is 11.3. The van der Waals surface area contributed by atoms with Crippen molar-refractivity contribution in [1.82, 2.24) is 9.62 Å². The van der Waals surface area contributed by atoms with Crippen molar-refractivity contribution < 1.29 is 13.2 Å². The Morgan fingerprint density at radius 2 is 2.00 bits per heavy atom. The molecule has 0 aliphatic carbocycles. The molecule has 1 unspecified atom stereocenters. The highest BCUT2D eigenvalue weighted by molar-refractivity contribution is 7.89. The number of hydrogen-bond acceptors (Lipinski definition) is 5. The minimum absolute atomic E-state index is 0.0786. The highest BCUT2D eigenvalue weighted by atomic mass is 32.2. The largest absolute Gasteiger partial charge is 0.497 e. The average Bonchev–Trinajstić information content (AvgIpc) is 3.16. The van der Waals surface area contributed by atoms with E-state index in [1.165, 1.54) is 24.8 Å². The van der Waals surface area contributed by atoms with Crippen LogP contribution >= 0.6 is 11.3 Å². The van der Waals surface area contributed by atoms with Crippen molar-refractivity contribution in [1.29, 1.82) is 0 Å². The van der Waals surface area contributed by atoms with Gasteiger partial charge in [-0.2, -0.15) is 11.3 Å². The Kier molecular flexibility index (Phi) is 6.34. The van der Waals surface area contributed by atoms with E-state index in [9.17, 15) is 8.42 Å². The summed E-state index contributed by atoms with van der Waals surface area (Å²) in [5.74, 6) is 0.658. The molecular weight excluding hydrogens is 368 g/mol. The summed E-state index contributed by atoms with van der Waals surface area (Å²) >= 11 is 1.65. The Hall–Kier alpha value is -1.41. The summed E-state index contributed by atoms with van der Waals surface area (Å²) in [6, 6.07) is 7.21. The molecule has 5 nitrogen and oxygen atoms in total. The topological polar surface area (TPSA) is 58.6 Å². The summed E-state index contributed by atoms with van der Waals surface area (Å²) in [7, 11) is -1.99. The third-order valence-electron chi connectivity index (χ3n) is 4.90. The Labute approximate surface area is 160 Å².